The van der Waals surface area contributed by atoms with Gasteiger partial charge >= 0.3 is 0 Å². The first-order chi connectivity index (χ1) is 11.3. The molecule has 0 aromatic heterocycles. The Morgan fingerprint density at radius 1 is 1.42 bits per heavy atom. The summed E-state index contributed by atoms with van der Waals surface area (Å²) >= 11 is 0. The minimum absolute atomic E-state index is 0.114. The van der Waals surface area contributed by atoms with Crippen LogP contribution < -0.4 is 0 Å². The fraction of sp³-hybridized carbons (Fsp3) is 0.500. The number of piperidine rings is 1. The van der Waals surface area contributed by atoms with Crippen molar-refractivity contribution in [2.75, 3.05) is 25.9 Å². The molecular weight excluding hydrogens is 333 g/mol. The van der Waals surface area contributed by atoms with Gasteiger partial charge in [-0.25, -0.2) is 12.8 Å². The number of likely N-dealkylation sites (tertiary alicyclic amines) is 1. The molecule has 8 heteroatoms. The second kappa shape index (κ2) is 7.28. The minimum atomic E-state index is -3.27. The van der Waals surface area contributed by atoms with Gasteiger partial charge in [-0.15, -0.1) is 0 Å². The zero-order valence-corrected chi connectivity index (χ0v) is 14.5. The van der Waals surface area contributed by atoms with Crippen LogP contribution in [0.3, 0.4) is 0 Å². The van der Waals surface area contributed by atoms with Crippen molar-refractivity contribution in [3.8, 4) is 6.07 Å². The number of halogens is 1. The SMILES string of the molecule is CCN(C1CCN(C(=O)c2ccc(F)c(C#N)c2)CC1)S(C)(=O)=O. The van der Waals surface area contributed by atoms with Crippen LogP contribution in [0.1, 0.15) is 35.7 Å². The highest BCUT2D eigenvalue weighted by Crippen LogP contribution is 2.21. The lowest BCUT2D eigenvalue weighted by Gasteiger charge is -2.36. The quantitative estimate of drug-likeness (QED) is 0.823. The number of sulfonamides is 1. The monoisotopic (exact) mass is 353 g/mol. The summed E-state index contributed by atoms with van der Waals surface area (Å²) in [4.78, 5) is 14.1. The van der Waals surface area contributed by atoms with Crippen molar-refractivity contribution in [2.45, 2.75) is 25.8 Å². The van der Waals surface area contributed by atoms with Gasteiger partial charge in [0, 0.05) is 31.2 Å². The Hall–Kier alpha value is -1.98. The standard InChI is InChI=1S/C16H20FN3O3S/c1-3-20(24(2,22)23)14-6-8-19(9-7-14)16(21)12-4-5-15(17)13(10-12)11-18/h4-5,10,14H,3,6-9H2,1-2H3. The van der Waals surface area contributed by atoms with E-state index in [1.165, 1.54) is 22.7 Å². The summed E-state index contributed by atoms with van der Waals surface area (Å²) in [7, 11) is -3.27. The molecule has 1 saturated heterocycles. The lowest BCUT2D eigenvalue weighted by molar-refractivity contribution is 0.0680. The summed E-state index contributed by atoms with van der Waals surface area (Å²) in [6.45, 7) is 3.05. The van der Waals surface area contributed by atoms with Crippen molar-refractivity contribution in [3.63, 3.8) is 0 Å². The van der Waals surface area contributed by atoms with E-state index in [1.54, 1.807) is 17.9 Å². The highest BCUT2D eigenvalue weighted by atomic mass is 32.2. The first-order valence-corrected chi connectivity index (χ1v) is 9.58. The van der Waals surface area contributed by atoms with Gasteiger partial charge < -0.3 is 4.90 Å². The molecule has 1 heterocycles. The Morgan fingerprint density at radius 2 is 2.04 bits per heavy atom. The van der Waals surface area contributed by atoms with Gasteiger partial charge in [0.15, 0.2) is 0 Å². The Bertz CT molecular complexity index is 765. The Kier molecular flexibility index (Phi) is 5.57. The lowest BCUT2D eigenvalue weighted by Crippen LogP contribution is -2.48. The predicted molar refractivity (Wildman–Crippen MR) is 87.3 cm³/mol. The molecule has 1 aliphatic heterocycles. The number of rotatable bonds is 4. The molecule has 1 amide bonds. The third-order valence-electron chi connectivity index (χ3n) is 4.23. The zero-order chi connectivity index (χ0) is 17.9. The van der Waals surface area contributed by atoms with Crippen LogP contribution in [0.15, 0.2) is 18.2 Å². The number of amides is 1. The van der Waals surface area contributed by atoms with Crippen LogP contribution in [0.4, 0.5) is 4.39 Å². The van der Waals surface area contributed by atoms with E-state index >= 15 is 0 Å². The lowest BCUT2D eigenvalue weighted by atomic mass is 10.0. The average Bonchev–Trinajstić information content (AvgIpc) is 2.54. The largest absolute Gasteiger partial charge is 0.339 e. The van der Waals surface area contributed by atoms with Gasteiger partial charge in [0.2, 0.25) is 10.0 Å². The van der Waals surface area contributed by atoms with E-state index in [0.29, 0.717) is 32.5 Å². The molecule has 0 spiro atoms. The van der Waals surface area contributed by atoms with Crippen molar-refractivity contribution in [3.05, 3.63) is 35.1 Å². The van der Waals surface area contributed by atoms with Gasteiger partial charge in [-0.05, 0) is 31.0 Å². The highest BCUT2D eigenvalue weighted by molar-refractivity contribution is 7.88. The number of carbonyl (C=O) groups is 1. The summed E-state index contributed by atoms with van der Waals surface area (Å²) in [5, 5.41) is 8.86. The molecule has 0 unspecified atom stereocenters. The van der Waals surface area contributed by atoms with Gasteiger partial charge in [0.05, 0.1) is 11.8 Å². The first kappa shape index (κ1) is 18.4. The minimum Gasteiger partial charge on any atom is -0.339 e. The van der Waals surface area contributed by atoms with E-state index in [4.69, 9.17) is 5.26 Å². The maximum Gasteiger partial charge on any atom is 0.253 e. The third kappa shape index (κ3) is 3.91. The molecule has 0 N–H and O–H groups in total. The second-order valence-corrected chi connectivity index (χ2v) is 7.73. The molecule has 0 radical (unpaired) electrons. The van der Waals surface area contributed by atoms with Gasteiger partial charge in [-0.3, -0.25) is 4.79 Å². The molecule has 1 aliphatic rings. The van der Waals surface area contributed by atoms with Crippen LogP contribution in [0, 0.1) is 17.1 Å². The van der Waals surface area contributed by atoms with Crippen LogP contribution in [0.5, 0.6) is 0 Å². The second-order valence-electron chi connectivity index (χ2n) is 5.80. The summed E-state index contributed by atoms with van der Waals surface area (Å²) in [6.07, 6.45) is 2.30. The normalized spacial score (nSPS) is 16.2. The van der Waals surface area contributed by atoms with Crippen molar-refractivity contribution < 1.29 is 17.6 Å². The van der Waals surface area contributed by atoms with Crippen molar-refractivity contribution in [1.82, 2.24) is 9.21 Å². The smallest absolute Gasteiger partial charge is 0.253 e. The molecule has 0 aliphatic carbocycles. The number of nitrogens with zero attached hydrogens (tertiary/aromatic N) is 3. The van der Waals surface area contributed by atoms with Crippen LogP contribution in [-0.2, 0) is 10.0 Å². The molecule has 0 saturated carbocycles. The van der Waals surface area contributed by atoms with Gasteiger partial charge in [-0.2, -0.15) is 9.57 Å². The summed E-state index contributed by atoms with van der Waals surface area (Å²) in [5.74, 6) is -0.924. The van der Waals surface area contributed by atoms with Crippen LogP contribution >= 0.6 is 0 Å². The zero-order valence-electron chi connectivity index (χ0n) is 13.7. The van der Waals surface area contributed by atoms with Gasteiger partial charge in [-0.1, -0.05) is 6.92 Å². The molecule has 1 fully saturated rings. The molecule has 1 aromatic rings. The number of hydrogen-bond acceptors (Lipinski definition) is 4. The number of carbonyl (C=O) groups excluding carboxylic acids is 1. The number of hydrogen-bond donors (Lipinski definition) is 0. The van der Waals surface area contributed by atoms with E-state index < -0.39 is 15.8 Å². The Balaban J connectivity index is 2.07. The van der Waals surface area contributed by atoms with E-state index in [2.05, 4.69) is 0 Å². The Labute approximate surface area is 141 Å². The first-order valence-electron chi connectivity index (χ1n) is 7.73. The molecule has 6 nitrogen and oxygen atoms in total. The molecule has 0 atom stereocenters. The molecule has 1 aromatic carbocycles. The molecule has 2 rings (SSSR count). The van der Waals surface area contributed by atoms with Gasteiger partial charge in [0.1, 0.15) is 11.9 Å². The van der Waals surface area contributed by atoms with E-state index in [9.17, 15) is 17.6 Å². The predicted octanol–water partition coefficient (Wildman–Crippen LogP) is 1.58. The number of nitriles is 1. The van der Waals surface area contributed by atoms with E-state index in [-0.39, 0.29) is 23.1 Å². The fourth-order valence-electron chi connectivity index (χ4n) is 3.05. The maximum absolute atomic E-state index is 13.4. The molecule has 130 valence electrons. The van der Waals surface area contributed by atoms with Crippen molar-refractivity contribution in [2.24, 2.45) is 0 Å². The van der Waals surface area contributed by atoms with Crippen LogP contribution in [-0.4, -0.2) is 55.5 Å². The van der Waals surface area contributed by atoms with E-state index in [1.807, 2.05) is 0 Å². The summed E-state index contributed by atoms with van der Waals surface area (Å²) in [5.41, 5.74) is 0.104. The average molecular weight is 353 g/mol. The van der Waals surface area contributed by atoms with Crippen molar-refractivity contribution >= 4 is 15.9 Å². The maximum atomic E-state index is 13.4. The topological polar surface area (TPSA) is 81.5 Å². The van der Waals surface area contributed by atoms with Crippen LogP contribution in [0.25, 0.3) is 0 Å². The van der Waals surface area contributed by atoms with Gasteiger partial charge in [0.25, 0.3) is 5.91 Å². The number of benzene rings is 1. The summed E-state index contributed by atoms with van der Waals surface area (Å²) in [6, 6.07) is 5.33. The third-order valence-corrected chi connectivity index (χ3v) is 5.64. The summed E-state index contributed by atoms with van der Waals surface area (Å²) < 4.78 is 38.4. The molecule has 24 heavy (non-hydrogen) atoms. The highest BCUT2D eigenvalue weighted by Gasteiger charge is 2.30. The fourth-order valence-corrected chi connectivity index (χ4v) is 4.27. The van der Waals surface area contributed by atoms with Crippen LogP contribution in [0.2, 0.25) is 0 Å². The Morgan fingerprint density at radius 3 is 2.54 bits per heavy atom. The molecule has 0 bridgehead atoms. The molecular formula is C16H20FN3O3S. The van der Waals surface area contributed by atoms with Crippen molar-refractivity contribution in [1.29, 1.82) is 5.26 Å². The van der Waals surface area contributed by atoms with E-state index in [0.717, 1.165) is 6.07 Å².